The van der Waals surface area contributed by atoms with Gasteiger partial charge in [-0.15, -0.1) is 0 Å². The molecule has 0 unspecified atom stereocenters. The second-order valence-corrected chi connectivity index (χ2v) is 12.6. The van der Waals surface area contributed by atoms with E-state index in [-0.39, 0.29) is 5.56 Å². The molecule has 0 N–H and O–H groups in total. The molecule has 0 saturated carbocycles. The topological polar surface area (TPSA) is 78.0 Å². The molecule has 0 atom stereocenters. The lowest BCUT2D eigenvalue weighted by molar-refractivity contribution is 0.932. The SMILES string of the molecule is O=c1c2ccc(-c3ccc4c(c3)c3ccccc3n4-c3nc(-c4ccccc4)nc(-c4ccccc4)n3)cc2nc2ccc3c(n12)C=CCC3. The summed E-state index contributed by atoms with van der Waals surface area (Å²) >= 11 is 0. The average molecular weight is 645 g/mol. The zero-order chi connectivity index (χ0) is 33.2. The van der Waals surface area contributed by atoms with Crippen LogP contribution in [0.1, 0.15) is 17.7 Å². The first-order valence-corrected chi connectivity index (χ1v) is 16.8. The minimum absolute atomic E-state index is 0.0411. The molecule has 1 aliphatic carbocycles. The molecule has 0 aliphatic heterocycles. The molecule has 0 radical (unpaired) electrons. The van der Waals surface area contributed by atoms with Crippen LogP contribution in [0.2, 0.25) is 0 Å². The van der Waals surface area contributed by atoms with E-state index in [1.807, 2.05) is 97.1 Å². The third-order valence-electron chi connectivity index (χ3n) is 9.65. The second-order valence-electron chi connectivity index (χ2n) is 12.6. The summed E-state index contributed by atoms with van der Waals surface area (Å²) < 4.78 is 3.88. The lowest BCUT2D eigenvalue weighted by Crippen LogP contribution is -2.19. The molecule has 0 spiro atoms. The van der Waals surface area contributed by atoms with Gasteiger partial charge in [0.15, 0.2) is 11.6 Å². The Bertz CT molecular complexity index is 2830. The quantitative estimate of drug-likeness (QED) is 0.179. The van der Waals surface area contributed by atoms with E-state index >= 15 is 0 Å². The number of aryl methyl sites for hydroxylation is 1. The highest BCUT2D eigenvalue weighted by molar-refractivity contribution is 6.10. The number of rotatable bonds is 4. The zero-order valence-electron chi connectivity index (χ0n) is 26.9. The van der Waals surface area contributed by atoms with E-state index in [1.165, 1.54) is 5.56 Å². The van der Waals surface area contributed by atoms with Crippen LogP contribution in [0.5, 0.6) is 0 Å². The highest BCUT2D eigenvalue weighted by Crippen LogP contribution is 2.35. The van der Waals surface area contributed by atoms with Crippen molar-refractivity contribution in [2.75, 3.05) is 0 Å². The molecule has 1 aliphatic rings. The van der Waals surface area contributed by atoms with Gasteiger partial charge in [-0.3, -0.25) is 13.8 Å². The first kappa shape index (κ1) is 28.3. The van der Waals surface area contributed by atoms with Crippen molar-refractivity contribution in [1.82, 2.24) is 28.9 Å². The molecule has 4 aromatic heterocycles. The molecule has 50 heavy (non-hydrogen) atoms. The van der Waals surface area contributed by atoms with E-state index in [2.05, 4.69) is 53.1 Å². The van der Waals surface area contributed by atoms with Crippen LogP contribution < -0.4 is 5.56 Å². The van der Waals surface area contributed by atoms with Gasteiger partial charge in [0.25, 0.3) is 5.56 Å². The number of benzene rings is 5. The molecule has 9 aromatic rings. The Morgan fingerprint density at radius 1 is 0.540 bits per heavy atom. The molecule has 7 heteroatoms. The molecule has 0 fully saturated rings. The number of hydrogen-bond donors (Lipinski definition) is 0. The van der Waals surface area contributed by atoms with Gasteiger partial charge in [0.1, 0.15) is 5.65 Å². The van der Waals surface area contributed by atoms with E-state index in [4.69, 9.17) is 19.9 Å². The second kappa shape index (κ2) is 11.2. The van der Waals surface area contributed by atoms with Crippen LogP contribution in [0, 0.1) is 0 Å². The first-order chi connectivity index (χ1) is 24.7. The Labute approximate surface area is 286 Å². The van der Waals surface area contributed by atoms with Crippen molar-refractivity contribution >= 4 is 44.4 Å². The van der Waals surface area contributed by atoms with Crippen LogP contribution >= 0.6 is 0 Å². The van der Waals surface area contributed by atoms with Gasteiger partial charge in [0, 0.05) is 21.9 Å². The van der Waals surface area contributed by atoms with E-state index in [0.717, 1.165) is 62.6 Å². The lowest BCUT2D eigenvalue weighted by atomic mass is 10.0. The highest BCUT2D eigenvalue weighted by atomic mass is 16.1. The molecule has 5 aromatic carbocycles. The molecular formula is C43H28N6O. The smallest absolute Gasteiger partial charge is 0.266 e. The van der Waals surface area contributed by atoms with E-state index in [9.17, 15) is 4.79 Å². The standard InChI is InChI=1S/C43H28N6O/c50-42-33-22-19-31(26-35(33)44-39-24-21-27-11-7-9-17-36(27)49(39)42)30-20-23-38-34(25-30)32-16-8-10-18-37(32)48(38)43-46-40(28-12-3-1-4-13-28)45-41(47-43)29-14-5-2-6-15-29/h1-6,8-10,12-26H,7,11H2. The predicted molar refractivity (Wildman–Crippen MR) is 200 cm³/mol. The van der Waals surface area contributed by atoms with Gasteiger partial charge in [-0.25, -0.2) is 9.97 Å². The summed E-state index contributed by atoms with van der Waals surface area (Å²) in [6.07, 6.45) is 6.09. The van der Waals surface area contributed by atoms with Crippen molar-refractivity contribution in [2.24, 2.45) is 0 Å². The van der Waals surface area contributed by atoms with Crippen molar-refractivity contribution in [1.29, 1.82) is 0 Å². The van der Waals surface area contributed by atoms with Crippen molar-refractivity contribution in [2.45, 2.75) is 12.8 Å². The van der Waals surface area contributed by atoms with E-state index < -0.39 is 0 Å². The molecule has 7 nitrogen and oxygen atoms in total. The molecule has 0 amide bonds. The Kier molecular flexibility index (Phi) is 6.32. The molecule has 0 bridgehead atoms. The van der Waals surface area contributed by atoms with Gasteiger partial charge in [-0.1, -0.05) is 103 Å². The Hall–Kier alpha value is -6.73. The van der Waals surface area contributed by atoms with Crippen molar-refractivity contribution < 1.29 is 0 Å². The first-order valence-electron chi connectivity index (χ1n) is 16.8. The monoisotopic (exact) mass is 644 g/mol. The minimum atomic E-state index is -0.0411. The summed E-state index contributed by atoms with van der Waals surface area (Å²) in [6, 6.07) is 44.9. The number of fused-ring (bicyclic) bond motifs is 7. The number of allylic oxidation sites excluding steroid dienone is 1. The van der Waals surface area contributed by atoms with Gasteiger partial charge in [0.05, 0.1) is 27.6 Å². The summed E-state index contributed by atoms with van der Waals surface area (Å²) in [5, 5.41) is 2.77. The summed E-state index contributed by atoms with van der Waals surface area (Å²) in [7, 11) is 0. The van der Waals surface area contributed by atoms with Crippen LogP contribution in [0.3, 0.4) is 0 Å². The maximum absolute atomic E-state index is 13.8. The predicted octanol–water partition coefficient (Wildman–Crippen LogP) is 9.09. The minimum Gasteiger partial charge on any atom is -0.278 e. The molecule has 10 rings (SSSR count). The van der Waals surface area contributed by atoms with E-state index in [1.54, 1.807) is 4.40 Å². The van der Waals surface area contributed by atoms with Crippen LogP contribution in [0.25, 0.3) is 84.3 Å². The fourth-order valence-electron chi connectivity index (χ4n) is 7.22. The summed E-state index contributed by atoms with van der Waals surface area (Å²) in [4.78, 5) is 33.7. The maximum Gasteiger partial charge on any atom is 0.266 e. The van der Waals surface area contributed by atoms with Gasteiger partial charge in [-0.2, -0.15) is 9.97 Å². The number of nitrogens with zero attached hydrogens (tertiary/aromatic N) is 6. The maximum atomic E-state index is 13.8. The fourth-order valence-corrected chi connectivity index (χ4v) is 7.22. The van der Waals surface area contributed by atoms with Gasteiger partial charge >= 0.3 is 0 Å². The average Bonchev–Trinajstić information content (AvgIpc) is 3.52. The highest BCUT2D eigenvalue weighted by Gasteiger charge is 2.19. The van der Waals surface area contributed by atoms with Crippen LogP contribution in [-0.4, -0.2) is 28.9 Å². The number of pyridine rings is 1. The Balaban J connectivity index is 1.15. The normalized spacial score (nSPS) is 12.6. The number of hydrogen-bond acceptors (Lipinski definition) is 5. The number of aromatic nitrogens is 6. The van der Waals surface area contributed by atoms with Crippen LogP contribution in [-0.2, 0) is 6.42 Å². The van der Waals surface area contributed by atoms with Crippen LogP contribution in [0.4, 0.5) is 0 Å². The molecule has 236 valence electrons. The van der Waals surface area contributed by atoms with Gasteiger partial charge < -0.3 is 0 Å². The largest absolute Gasteiger partial charge is 0.278 e. The zero-order valence-corrected chi connectivity index (χ0v) is 26.9. The summed E-state index contributed by atoms with van der Waals surface area (Å²) in [5.74, 6) is 1.78. The van der Waals surface area contributed by atoms with Crippen molar-refractivity contribution in [3.63, 3.8) is 0 Å². The van der Waals surface area contributed by atoms with Crippen molar-refractivity contribution in [3.05, 3.63) is 161 Å². The Morgan fingerprint density at radius 2 is 1.22 bits per heavy atom. The van der Waals surface area contributed by atoms with Crippen molar-refractivity contribution in [3.8, 4) is 39.9 Å². The molecular weight excluding hydrogens is 617 g/mol. The van der Waals surface area contributed by atoms with E-state index in [0.29, 0.717) is 34.1 Å². The van der Waals surface area contributed by atoms with Gasteiger partial charge in [0.2, 0.25) is 5.95 Å². The third kappa shape index (κ3) is 4.48. The molecule has 0 saturated heterocycles. The van der Waals surface area contributed by atoms with Gasteiger partial charge in [-0.05, 0) is 72.0 Å². The van der Waals surface area contributed by atoms with Crippen LogP contribution in [0.15, 0.2) is 144 Å². The fraction of sp³-hybridized carbons (Fsp3) is 0.0465. The summed E-state index contributed by atoms with van der Waals surface area (Å²) in [6.45, 7) is 0. The molecule has 4 heterocycles. The lowest BCUT2D eigenvalue weighted by Gasteiger charge is -2.14. The Morgan fingerprint density at radius 3 is 2.00 bits per heavy atom. The third-order valence-corrected chi connectivity index (χ3v) is 9.65. The summed E-state index contributed by atoms with van der Waals surface area (Å²) in [5.41, 5.74) is 9.26. The number of para-hydroxylation sites is 1.